The van der Waals surface area contributed by atoms with Crippen molar-refractivity contribution in [2.24, 2.45) is 10.8 Å². The molecule has 0 unspecified atom stereocenters. The molecule has 0 aliphatic heterocycles. The first kappa shape index (κ1) is 12.0. The Kier molecular flexibility index (Phi) is 3.49. The van der Waals surface area contributed by atoms with E-state index in [0.29, 0.717) is 5.56 Å². The monoisotopic (exact) mass is 230 g/mol. The molecule has 0 aliphatic rings. The van der Waals surface area contributed by atoms with Crippen molar-refractivity contribution in [3.05, 3.63) is 35.4 Å². The van der Waals surface area contributed by atoms with E-state index in [0.717, 1.165) is 12.1 Å². The minimum absolute atomic E-state index is 0.344. The van der Waals surface area contributed by atoms with Gasteiger partial charge in [-0.15, -0.1) is 0 Å². The van der Waals surface area contributed by atoms with Crippen LogP contribution >= 0.6 is 0 Å². The number of halogens is 3. The fourth-order valence-corrected chi connectivity index (χ4v) is 0.935. The molecule has 0 atom stereocenters. The van der Waals surface area contributed by atoms with Crippen LogP contribution in [0.4, 0.5) is 13.2 Å². The first-order valence-electron chi connectivity index (χ1n) is 4.20. The molecule has 0 bridgehead atoms. The van der Waals surface area contributed by atoms with Gasteiger partial charge in [-0.1, -0.05) is 12.1 Å². The van der Waals surface area contributed by atoms with Crippen molar-refractivity contribution in [1.29, 1.82) is 5.41 Å². The van der Waals surface area contributed by atoms with E-state index in [1.807, 2.05) is 0 Å². The highest BCUT2D eigenvalue weighted by Crippen LogP contribution is 2.28. The summed E-state index contributed by atoms with van der Waals surface area (Å²) in [6.07, 6.45) is -3.07. The van der Waals surface area contributed by atoms with Crippen LogP contribution in [0.2, 0.25) is 0 Å². The van der Waals surface area contributed by atoms with Gasteiger partial charge in [0.25, 0.3) is 0 Å². The molecule has 16 heavy (non-hydrogen) atoms. The fourth-order valence-electron chi connectivity index (χ4n) is 0.935. The maximum absolute atomic E-state index is 12.2. The Bertz CT molecular complexity index is 394. The second-order valence-electron chi connectivity index (χ2n) is 2.90. The Labute approximate surface area is 89.5 Å². The third-order valence-electron chi connectivity index (χ3n) is 1.64. The predicted molar refractivity (Wildman–Crippen MR) is 54.1 cm³/mol. The minimum atomic E-state index is -4.34. The van der Waals surface area contributed by atoms with Crippen LogP contribution in [0.25, 0.3) is 0 Å². The zero-order valence-electron chi connectivity index (χ0n) is 8.05. The number of rotatable bonds is 2. The maximum atomic E-state index is 12.2. The minimum Gasteiger partial charge on any atom is -0.369 e. The van der Waals surface area contributed by atoms with Crippen molar-refractivity contribution >= 4 is 12.2 Å². The van der Waals surface area contributed by atoms with Crippen molar-refractivity contribution in [3.63, 3.8) is 0 Å². The molecule has 86 valence electrons. The molecular formula is C9H9F3N4. The van der Waals surface area contributed by atoms with Gasteiger partial charge >= 0.3 is 6.18 Å². The highest BCUT2D eigenvalue weighted by atomic mass is 19.4. The Morgan fingerprint density at radius 2 is 1.88 bits per heavy atom. The molecule has 0 fully saturated rings. The van der Waals surface area contributed by atoms with Crippen molar-refractivity contribution < 1.29 is 13.2 Å². The summed E-state index contributed by atoms with van der Waals surface area (Å²) in [4.78, 5) is 0. The first-order valence-corrected chi connectivity index (χ1v) is 4.20. The van der Waals surface area contributed by atoms with E-state index in [1.165, 1.54) is 18.3 Å². The van der Waals surface area contributed by atoms with Crippen LogP contribution < -0.4 is 11.2 Å². The van der Waals surface area contributed by atoms with Gasteiger partial charge in [0.05, 0.1) is 11.8 Å². The first-order chi connectivity index (χ1) is 7.39. The molecule has 0 aliphatic carbocycles. The summed E-state index contributed by atoms with van der Waals surface area (Å²) in [7, 11) is 0. The van der Waals surface area contributed by atoms with E-state index in [4.69, 9.17) is 11.1 Å². The van der Waals surface area contributed by atoms with E-state index >= 15 is 0 Å². The third-order valence-corrected chi connectivity index (χ3v) is 1.64. The van der Waals surface area contributed by atoms with Crippen LogP contribution in [-0.2, 0) is 6.18 Å². The molecular weight excluding hydrogens is 221 g/mol. The number of alkyl halides is 3. The average Bonchev–Trinajstić information content (AvgIpc) is 2.16. The summed E-state index contributed by atoms with van der Waals surface area (Å²) in [5, 5.41) is 10.3. The molecule has 7 heteroatoms. The van der Waals surface area contributed by atoms with E-state index < -0.39 is 11.7 Å². The Balaban J connectivity index is 2.72. The van der Waals surface area contributed by atoms with Crippen LogP contribution in [0.5, 0.6) is 0 Å². The van der Waals surface area contributed by atoms with Gasteiger partial charge in [0, 0.05) is 0 Å². The molecule has 1 rings (SSSR count). The lowest BCUT2D eigenvalue weighted by molar-refractivity contribution is -0.137. The number of nitrogens with two attached hydrogens (primary N) is 1. The van der Waals surface area contributed by atoms with E-state index in [9.17, 15) is 13.2 Å². The Hall–Kier alpha value is -2.05. The lowest BCUT2D eigenvalue weighted by Gasteiger charge is -2.05. The van der Waals surface area contributed by atoms with Crippen LogP contribution in [0.1, 0.15) is 11.1 Å². The standard InChI is InChI=1S/C9H9F3N4/c10-9(11,12)7-3-1-6(2-4-7)5-15-16-8(13)14/h1-5H,(H4,13,14,16)/b15-5+. The second kappa shape index (κ2) is 4.65. The van der Waals surface area contributed by atoms with Gasteiger partial charge in [-0.05, 0) is 17.7 Å². The summed E-state index contributed by atoms with van der Waals surface area (Å²) < 4.78 is 36.6. The molecule has 1 aromatic carbocycles. The average molecular weight is 230 g/mol. The molecule has 0 spiro atoms. The molecule has 0 saturated carbocycles. The van der Waals surface area contributed by atoms with Crippen molar-refractivity contribution in [2.75, 3.05) is 0 Å². The lowest BCUT2D eigenvalue weighted by atomic mass is 10.1. The highest BCUT2D eigenvalue weighted by Gasteiger charge is 2.29. The second-order valence-corrected chi connectivity index (χ2v) is 2.90. The highest BCUT2D eigenvalue weighted by molar-refractivity contribution is 5.81. The maximum Gasteiger partial charge on any atom is 0.416 e. The number of hydrogen-bond donors (Lipinski definition) is 3. The van der Waals surface area contributed by atoms with Crippen LogP contribution in [-0.4, -0.2) is 12.2 Å². The summed E-state index contributed by atoms with van der Waals surface area (Å²) in [6.45, 7) is 0. The number of benzene rings is 1. The SMILES string of the molecule is N=C(N)N/N=C/c1ccc(C(F)(F)F)cc1. The smallest absolute Gasteiger partial charge is 0.369 e. The van der Waals surface area contributed by atoms with Crippen molar-refractivity contribution in [1.82, 2.24) is 5.43 Å². The summed E-state index contributed by atoms with van der Waals surface area (Å²) in [5.74, 6) is -0.344. The molecule has 0 heterocycles. The number of guanidine groups is 1. The van der Waals surface area contributed by atoms with Gasteiger partial charge in [0.15, 0.2) is 0 Å². The Morgan fingerprint density at radius 1 is 1.31 bits per heavy atom. The van der Waals surface area contributed by atoms with Crippen LogP contribution in [0.3, 0.4) is 0 Å². The van der Waals surface area contributed by atoms with E-state index in [1.54, 1.807) is 0 Å². The number of hydrogen-bond acceptors (Lipinski definition) is 2. The number of hydrazone groups is 1. The molecule has 0 radical (unpaired) electrons. The van der Waals surface area contributed by atoms with Gasteiger partial charge in [-0.2, -0.15) is 18.3 Å². The molecule has 4 N–H and O–H groups in total. The quantitative estimate of drug-likeness (QED) is 0.409. The number of nitrogens with one attached hydrogen (secondary N) is 2. The summed E-state index contributed by atoms with van der Waals surface area (Å²) in [6, 6.07) is 4.45. The molecule has 0 amide bonds. The van der Waals surface area contributed by atoms with Crippen LogP contribution in [0.15, 0.2) is 29.4 Å². The van der Waals surface area contributed by atoms with Crippen LogP contribution in [0, 0.1) is 5.41 Å². The molecule has 4 nitrogen and oxygen atoms in total. The zero-order chi connectivity index (χ0) is 12.2. The normalized spacial score (nSPS) is 11.7. The Morgan fingerprint density at radius 3 is 2.31 bits per heavy atom. The molecule has 0 saturated heterocycles. The van der Waals surface area contributed by atoms with Crippen molar-refractivity contribution in [3.8, 4) is 0 Å². The van der Waals surface area contributed by atoms with E-state index in [-0.39, 0.29) is 5.96 Å². The van der Waals surface area contributed by atoms with Crippen molar-refractivity contribution in [2.45, 2.75) is 6.18 Å². The van der Waals surface area contributed by atoms with Gasteiger partial charge in [0.2, 0.25) is 5.96 Å². The zero-order valence-corrected chi connectivity index (χ0v) is 8.05. The molecule has 1 aromatic rings. The van der Waals surface area contributed by atoms with Gasteiger partial charge in [-0.3, -0.25) is 5.41 Å². The topological polar surface area (TPSA) is 74.3 Å². The van der Waals surface area contributed by atoms with Gasteiger partial charge in [-0.25, -0.2) is 5.43 Å². The van der Waals surface area contributed by atoms with E-state index in [2.05, 4.69) is 10.5 Å². The number of nitrogens with zero attached hydrogens (tertiary/aromatic N) is 1. The fraction of sp³-hybridized carbons (Fsp3) is 0.111. The summed E-state index contributed by atoms with van der Waals surface area (Å²) in [5.41, 5.74) is 6.85. The third kappa shape index (κ3) is 3.60. The molecule has 0 aromatic heterocycles. The summed E-state index contributed by atoms with van der Waals surface area (Å²) >= 11 is 0. The van der Waals surface area contributed by atoms with Gasteiger partial charge in [0.1, 0.15) is 0 Å². The van der Waals surface area contributed by atoms with Gasteiger partial charge < -0.3 is 5.73 Å². The lowest BCUT2D eigenvalue weighted by Crippen LogP contribution is -2.25. The largest absolute Gasteiger partial charge is 0.416 e. The predicted octanol–water partition coefficient (Wildman–Crippen LogP) is 1.52.